The van der Waals surface area contributed by atoms with Gasteiger partial charge in [0.1, 0.15) is 0 Å². The SMILES string of the molecule is CCCN(C(=O)CCc1ccc(CC)cc1)C1CCNC1.Cl. The molecular weight excluding hydrogens is 296 g/mol. The van der Waals surface area contributed by atoms with E-state index in [1.54, 1.807) is 0 Å². The number of hydrogen-bond donors (Lipinski definition) is 1. The molecule has 0 radical (unpaired) electrons. The van der Waals surface area contributed by atoms with Crippen molar-refractivity contribution in [2.75, 3.05) is 19.6 Å². The lowest BCUT2D eigenvalue weighted by Crippen LogP contribution is -2.42. The highest BCUT2D eigenvalue weighted by atomic mass is 35.5. The van der Waals surface area contributed by atoms with Crippen molar-refractivity contribution in [3.8, 4) is 0 Å². The quantitative estimate of drug-likeness (QED) is 0.835. The zero-order valence-corrected chi connectivity index (χ0v) is 14.6. The molecule has 1 aliphatic heterocycles. The van der Waals surface area contributed by atoms with Gasteiger partial charge in [-0.3, -0.25) is 4.79 Å². The zero-order valence-electron chi connectivity index (χ0n) is 13.8. The first-order valence-electron chi connectivity index (χ1n) is 8.32. The van der Waals surface area contributed by atoms with Crippen LogP contribution >= 0.6 is 12.4 Å². The Kier molecular flexibility index (Phi) is 8.51. The number of halogens is 1. The Labute approximate surface area is 140 Å². The molecule has 1 saturated heterocycles. The first-order chi connectivity index (χ1) is 10.2. The van der Waals surface area contributed by atoms with Crippen LogP contribution in [-0.4, -0.2) is 36.5 Å². The standard InChI is InChI=1S/C18H28N2O.ClH/c1-3-13-20(17-11-12-19-14-17)18(21)10-9-16-7-5-15(4-2)6-8-16;/h5-8,17,19H,3-4,9-14H2,1-2H3;1H. The molecular formula is C18H29ClN2O. The third-order valence-corrected chi connectivity index (χ3v) is 4.32. The van der Waals surface area contributed by atoms with Crippen LogP contribution in [0.5, 0.6) is 0 Å². The summed E-state index contributed by atoms with van der Waals surface area (Å²) in [5.41, 5.74) is 2.62. The predicted octanol–water partition coefficient (Wildman–Crippen LogP) is 3.20. The Hall–Kier alpha value is -1.06. The summed E-state index contributed by atoms with van der Waals surface area (Å²) in [5, 5.41) is 3.36. The van der Waals surface area contributed by atoms with Crippen molar-refractivity contribution in [1.82, 2.24) is 10.2 Å². The monoisotopic (exact) mass is 324 g/mol. The van der Waals surface area contributed by atoms with Gasteiger partial charge in [-0.2, -0.15) is 0 Å². The summed E-state index contributed by atoms with van der Waals surface area (Å²) in [7, 11) is 0. The van der Waals surface area contributed by atoms with E-state index in [9.17, 15) is 4.79 Å². The van der Waals surface area contributed by atoms with Crippen LogP contribution in [0.3, 0.4) is 0 Å². The molecule has 0 saturated carbocycles. The number of benzene rings is 1. The van der Waals surface area contributed by atoms with Crippen LogP contribution in [0.15, 0.2) is 24.3 Å². The highest BCUT2D eigenvalue weighted by Crippen LogP contribution is 2.13. The molecule has 1 unspecified atom stereocenters. The lowest BCUT2D eigenvalue weighted by molar-refractivity contribution is -0.133. The molecule has 1 aromatic carbocycles. The topological polar surface area (TPSA) is 32.3 Å². The second kappa shape index (κ2) is 9.86. The van der Waals surface area contributed by atoms with Gasteiger partial charge in [-0.15, -0.1) is 12.4 Å². The van der Waals surface area contributed by atoms with E-state index < -0.39 is 0 Å². The summed E-state index contributed by atoms with van der Waals surface area (Å²) in [4.78, 5) is 14.6. The molecule has 3 nitrogen and oxygen atoms in total. The van der Waals surface area contributed by atoms with Gasteiger partial charge in [0.15, 0.2) is 0 Å². The second-order valence-electron chi connectivity index (χ2n) is 5.90. The third-order valence-electron chi connectivity index (χ3n) is 4.32. The van der Waals surface area contributed by atoms with E-state index in [1.165, 1.54) is 11.1 Å². The van der Waals surface area contributed by atoms with E-state index in [-0.39, 0.29) is 12.4 Å². The van der Waals surface area contributed by atoms with E-state index in [0.29, 0.717) is 18.4 Å². The van der Waals surface area contributed by atoms with Crippen LogP contribution < -0.4 is 5.32 Å². The molecule has 2 rings (SSSR count). The molecule has 1 aromatic rings. The number of nitrogens with one attached hydrogen (secondary N) is 1. The molecule has 1 N–H and O–H groups in total. The maximum atomic E-state index is 12.5. The molecule has 1 atom stereocenters. The van der Waals surface area contributed by atoms with Crippen molar-refractivity contribution >= 4 is 18.3 Å². The highest BCUT2D eigenvalue weighted by Gasteiger charge is 2.25. The lowest BCUT2D eigenvalue weighted by atomic mass is 10.1. The van der Waals surface area contributed by atoms with Crippen LogP contribution in [-0.2, 0) is 17.6 Å². The first kappa shape index (κ1) is 19.0. The van der Waals surface area contributed by atoms with Crippen LogP contribution in [0.25, 0.3) is 0 Å². The lowest BCUT2D eigenvalue weighted by Gasteiger charge is -2.28. The van der Waals surface area contributed by atoms with Crippen LogP contribution in [0.1, 0.15) is 44.2 Å². The van der Waals surface area contributed by atoms with Crippen molar-refractivity contribution in [2.45, 2.75) is 52.0 Å². The van der Waals surface area contributed by atoms with Gasteiger partial charge in [-0.25, -0.2) is 0 Å². The zero-order chi connectivity index (χ0) is 15.1. The Morgan fingerprint density at radius 1 is 1.23 bits per heavy atom. The molecule has 0 aromatic heterocycles. The average Bonchev–Trinajstić information content (AvgIpc) is 3.04. The van der Waals surface area contributed by atoms with Crippen LogP contribution in [0, 0.1) is 0 Å². The molecule has 0 spiro atoms. The summed E-state index contributed by atoms with van der Waals surface area (Å²) < 4.78 is 0. The minimum Gasteiger partial charge on any atom is -0.338 e. The van der Waals surface area contributed by atoms with Gasteiger partial charge in [0, 0.05) is 25.6 Å². The molecule has 1 aliphatic rings. The summed E-state index contributed by atoms with van der Waals surface area (Å²) in [5.74, 6) is 0.310. The van der Waals surface area contributed by atoms with E-state index in [0.717, 1.165) is 45.3 Å². The molecule has 0 aliphatic carbocycles. The Morgan fingerprint density at radius 2 is 1.91 bits per heavy atom. The number of rotatable bonds is 7. The van der Waals surface area contributed by atoms with Gasteiger partial charge < -0.3 is 10.2 Å². The number of aryl methyl sites for hydroxylation is 2. The molecule has 1 fully saturated rings. The molecule has 1 heterocycles. The van der Waals surface area contributed by atoms with Gasteiger partial charge in [-0.1, -0.05) is 38.1 Å². The minimum absolute atomic E-state index is 0. The third kappa shape index (κ3) is 5.29. The number of amides is 1. The fraction of sp³-hybridized carbons (Fsp3) is 0.611. The molecule has 124 valence electrons. The van der Waals surface area contributed by atoms with E-state index in [1.807, 2.05) is 0 Å². The summed E-state index contributed by atoms with van der Waals surface area (Å²) >= 11 is 0. The van der Waals surface area contributed by atoms with Crippen molar-refractivity contribution in [3.05, 3.63) is 35.4 Å². The summed E-state index contributed by atoms with van der Waals surface area (Å²) in [6.45, 7) is 7.19. The number of nitrogens with zero attached hydrogens (tertiary/aromatic N) is 1. The van der Waals surface area contributed by atoms with Crippen molar-refractivity contribution in [2.24, 2.45) is 0 Å². The number of carbonyl (C=O) groups excluding carboxylic acids is 1. The van der Waals surface area contributed by atoms with Gasteiger partial charge in [0.2, 0.25) is 5.91 Å². The first-order valence-corrected chi connectivity index (χ1v) is 8.32. The Bertz CT molecular complexity index is 441. The van der Waals surface area contributed by atoms with E-state index in [4.69, 9.17) is 0 Å². The van der Waals surface area contributed by atoms with Crippen LogP contribution in [0.2, 0.25) is 0 Å². The van der Waals surface area contributed by atoms with E-state index >= 15 is 0 Å². The number of hydrogen-bond acceptors (Lipinski definition) is 2. The van der Waals surface area contributed by atoms with Crippen LogP contribution in [0.4, 0.5) is 0 Å². The normalized spacial score (nSPS) is 17.1. The maximum Gasteiger partial charge on any atom is 0.223 e. The van der Waals surface area contributed by atoms with Gasteiger partial charge in [0.05, 0.1) is 0 Å². The number of carbonyl (C=O) groups is 1. The summed E-state index contributed by atoms with van der Waals surface area (Å²) in [6, 6.07) is 9.07. The molecule has 22 heavy (non-hydrogen) atoms. The smallest absolute Gasteiger partial charge is 0.223 e. The minimum atomic E-state index is 0. The molecule has 1 amide bonds. The van der Waals surface area contributed by atoms with E-state index in [2.05, 4.69) is 48.3 Å². The highest BCUT2D eigenvalue weighted by molar-refractivity contribution is 5.85. The van der Waals surface area contributed by atoms with Gasteiger partial charge in [-0.05, 0) is 43.4 Å². The Balaban J connectivity index is 0.00000242. The fourth-order valence-corrected chi connectivity index (χ4v) is 2.99. The van der Waals surface area contributed by atoms with Crippen molar-refractivity contribution in [1.29, 1.82) is 0 Å². The molecule has 4 heteroatoms. The predicted molar refractivity (Wildman–Crippen MR) is 94.7 cm³/mol. The van der Waals surface area contributed by atoms with Crippen molar-refractivity contribution < 1.29 is 4.79 Å². The fourth-order valence-electron chi connectivity index (χ4n) is 2.99. The molecule has 0 bridgehead atoms. The second-order valence-corrected chi connectivity index (χ2v) is 5.90. The van der Waals surface area contributed by atoms with Crippen molar-refractivity contribution in [3.63, 3.8) is 0 Å². The van der Waals surface area contributed by atoms with Gasteiger partial charge >= 0.3 is 0 Å². The average molecular weight is 325 g/mol. The largest absolute Gasteiger partial charge is 0.338 e. The Morgan fingerprint density at radius 3 is 2.45 bits per heavy atom. The maximum absolute atomic E-state index is 12.5. The van der Waals surface area contributed by atoms with Gasteiger partial charge in [0.25, 0.3) is 0 Å². The summed E-state index contributed by atoms with van der Waals surface area (Å²) in [6.07, 6.45) is 4.67.